The molecule has 148 valence electrons. The Labute approximate surface area is 154 Å². The zero-order chi connectivity index (χ0) is 19.0. The van der Waals surface area contributed by atoms with Crippen LogP contribution in [0.4, 0.5) is 13.2 Å². The second kappa shape index (κ2) is 10.1. The highest BCUT2D eigenvalue weighted by molar-refractivity contribution is 5.27. The standard InChI is InChI=1S/C20H31F3N2O/c1-3-6-16(4-2)10-13-25-12-5-7-17-8-9-19(24-18(17)11-14-25)26-15-20(21,22)23/h8-9,16H,3-7,10-15H2,1-2H3/t16-/m1/s1. The smallest absolute Gasteiger partial charge is 0.422 e. The van der Waals surface area contributed by atoms with E-state index in [1.54, 1.807) is 6.07 Å². The normalized spacial score (nSPS) is 17.3. The Morgan fingerprint density at radius 2 is 1.96 bits per heavy atom. The molecule has 2 heterocycles. The molecule has 0 fully saturated rings. The fourth-order valence-corrected chi connectivity index (χ4v) is 3.61. The van der Waals surface area contributed by atoms with Crippen LogP contribution in [0.2, 0.25) is 0 Å². The van der Waals surface area contributed by atoms with E-state index in [1.807, 2.05) is 6.07 Å². The molecular formula is C20H31F3N2O. The van der Waals surface area contributed by atoms with Crippen molar-refractivity contribution < 1.29 is 17.9 Å². The summed E-state index contributed by atoms with van der Waals surface area (Å²) in [7, 11) is 0. The fourth-order valence-electron chi connectivity index (χ4n) is 3.61. The average molecular weight is 372 g/mol. The summed E-state index contributed by atoms with van der Waals surface area (Å²) in [6, 6.07) is 3.43. The van der Waals surface area contributed by atoms with Crippen molar-refractivity contribution in [2.75, 3.05) is 26.2 Å². The van der Waals surface area contributed by atoms with Crippen molar-refractivity contribution in [2.24, 2.45) is 5.92 Å². The zero-order valence-corrected chi connectivity index (χ0v) is 15.9. The highest BCUT2D eigenvalue weighted by Crippen LogP contribution is 2.22. The molecule has 1 aromatic rings. The Balaban J connectivity index is 1.92. The lowest BCUT2D eigenvalue weighted by Crippen LogP contribution is -2.31. The molecule has 6 heteroatoms. The Bertz CT molecular complexity index is 548. The maximum atomic E-state index is 12.3. The van der Waals surface area contributed by atoms with Crippen LogP contribution in [0.1, 0.15) is 57.2 Å². The summed E-state index contributed by atoms with van der Waals surface area (Å²) < 4.78 is 41.8. The molecular weight excluding hydrogens is 341 g/mol. The molecule has 2 rings (SSSR count). The van der Waals surface area contributed by atoms with Gasteiger partial charge in [-0.2, -0.15) is 13.2 Å². The monoisotopic (exact) mass is 372 g/mol. The number of aryl methyl sites for hydroxylation is 1. The van der Waals surface area contributed by atoms with E-state index in [0.717, 1.165) is 56.1 Å². The molecule has 0 saturated heterocycles. The van der Waals surface area contributed by atoms with Gasteiger partial charge in [-0.05, 0) is 43.8 Å². The van der Waals surface area contributed by atoms with Crippen molar-refractivity contribution >= 4 is 0 Å². The zero-order valence-electron chi connectivity index (χ0n) is 15.9. The van der Waals surface area contributed by atoms with E-state index < -0.39 is 12.8 Å². The quantitative estimate of drug-likeness (QED) is 0.640. The molecule has 0 radical (unpaired) electrons. The minimum absolute atomic E-state index is 0.0715. The SMILES string of the molecule is CCC[C@@H](CC)CCN1CCCc2ccc(OCC(F)(F)F)nc2CC1. The maximum Gasteiger partial charge on any atom is 0.422 e. The number of hydrogen-bond acceptors (Lipinski definition) is 3. The largest absolute Gasteiger partial charge is 0.468 e. The lowest BCUT2D eigenvalue weighted by molar-refractivity contribution is -0.154. The van der Waals surface area contributed by atoms with E-state index in [2.05, 4.69) is 23.7 Å². The Hall–Kier alpha value is -1.30. The van der Waals surface area contributed by atoms with E-state index in [-0.39, 0.29) is 5.88 Å². The van der Waals surface area contributed by atoms with Gasteiger partial charge < -0.3 is 9.64 Å². The molecule has 3 nitrogen and oxygen atoms in total. The van der Waals surface area contributed by atoms with Gasteiger partial charge in [0.2, 0.25) is 5.88 Å². The van der Waals surface area contributed by atoms with Gasteiger partial charge in [0.1, 0.15) is 0 Å². The van der Waals surface area contributed by atoms with Crippen molar-refractivity contribution in [1.82, 2.24) is 9.88 Å². The summed E-state index contributed by atoms with van der Waals surface area (Å²) in [5.41, 5.74) is 2.02. The lowest BCUT2D eigenvalue weighted by atomic mass is 9.96. The first-order valence-electron chi connectivity index (χ1n) is 9.82. The van der Waals surface area contributed by atoms with Crippen LogP contribution < -0.4 is 4.74 Å². The number of fused-ring (bicyclic) bond motifs is 1. The Morgan fingerprint density at radius 1 is 1.15 bits per heavy atom. The first-order chi connectivity index (χ1) is 12.4. The van der Waals surface area contributed by atoms with Gasteiger partial charge in [0.25, 0.3) is 0 Å². The molecule has 26 heavy (non-hydrogen) atoms. The van der Waals surface area contributed by atoms with Gasteiger partial charge in [0.15, 0.2) is 6.61 Å². The number of rotatable bonds is 8. The number of pyridine rings is 1. The molecule has 0 bridgehead atoms. The van der Waals surface area contributed by atoms with Crippen LogP contribution in [0.3, 0.4) is 0 Å². The van der Waals surface area contributed by atoms with Crippen LogP contribution in [0.5, 0.6) is 5.88 Å². The topological polar surface area (TPSA) is 25.4 Å². The number of ether oxygens (including phenoxy) is 1. The van der Waals surface area contributed by atoms with E-state index in [4.69, 9.17) is 4.74 Å². The summed E-state index contributed by atoms with van der Waals surface area (Å²) in [5, 5.41) is 0. The van der Waals surface area contributed by atoms with Gasteiger partial charge >= 0.3 is 6.18 Å². The molecule has 0 aromatic carbocycles. The number of aromatic nitrogens is 1. The Morgan fingerprint density at radius 3 is 2.65 bits per heavy atom. The second-order valence-corrected chi connectivity index (χ2v) is 7.21. The van der Waals surface area contributed by atoms with Crippen LogP contribution in [0.15, 0.2) is 12.1 Å². The number of halogens is 3. The third-order valence-electron chi connectivity index (χ3n) is 5.14. The molecule has 0 aliphatic carbocycles. The molecule has 1 aliphatic heterocycles. The van der Waals surface area contributed by atoms with Crippen molar-refractivity contribution in [2.45, 2.75) is 65.0 Å². The second-order valence-electron chi connectivity index (χ2n) is 7.21. The first-order valence-corrected chi connectivity index (χ1v) is 9.82. The van der Waals surface area contributed by atoms with Crippen LogP contribution in [-0.2, 0) is 12.8 Å². The molecule has 1 atom stereocenters. The third kappa shape index (κ3) is 7.14. The van der Waals surface area contributed by atoms with Gasteiger partial charge in [-0.3, -0.25) is 0 Å². The summed E-state index contributed by atoms with van der Waals surface area (Å²) >= 11 is 0. The number of alkyl halides is 3. The van der Waals surface area contributed by atoms with E-state index in [9.17, 15) is 13.2 Å². The number of hydrogen-bond donors (Lipinski definition) is 0. The van der Waals surface area contributed by atoms with Crippen LogP contribution in [-0.4, -0.2) is 42.3 Å². The van der Waals surface area contributed by atoms with E-state index >= 15 is 0 Å². The first kappa shape index (κ1) is 21.0. The number of nitrogens with zero attached hydrogens (tertiary/aromatic N) is 2. The summed E-state index contributed by atoms with van der Waals surface area (Å²) in [5.74, 6) is 0.861. The highest BCUT2D eigenvalue weighted by atomic mass is 19.4. The fraction of sp³-hybridized carbons (Fsp3) is 0.750. The van der Waals surface area contributed by atoms with Crippen LogP contribution in [0.25, 0.3) is 0 Å². The molecule has 0 unspecified atom stereocenters. The minimum atomic E-state index is -4.34. The average Bonchev–Trinajstić information content (AvgIpc) is 2.58. The van der Waals surface area contributed by atoms with Gasteiger partial charge in [0.05, 0.1) is 0 Å². The van der Waals surface area contributed by atoms with Gasteiger partial charge in [0, 0.05) is 24.7 Å². The van der Waals surface area contributed by atoms with Crippen LogP contribution in [0, 0.1) is 5.92 Å². The summed E-state index contributed by atoms with van der Waals surface area (Å²) in [6.07, 6.45) is 3.38. The summed E-state index contributed by atoms with van der Waals surface area (Å²) in [4.78, 5) is 6.82. The summed E-state index contributed by atoms with van der Waals surface area (Å²) in [6.45, 7) is 6.29. The molecule has 1 aromatic heterocycles. The van der Waals surface area contributed by atoms with Gasteiger partial charge in [-0.15, -0.1) is 0 Å². The molecule has 0 amide bonds. The van der Waals surface area contributed by atoms with Crippen LogP contribution >= 0.6 is 0 Å². The predicted octanol–water partition coefficient (Wildman–Crippen LogP) is 5.03. The third-order valence-corrected chi connectivity index (χ3v) is 5.14. The molecule has 1 aliphatic rings. The van der Waals surface area contributed by atoms with E-state index in [0.29, 0.717) is 0 Å². The predicted molar refractivity (Wildman–Crippen MR) is 97.6 cm³/mol. The highest BCUT2D eigenvalue weighted by Gasteiger charge is 2.28. The Kier molecular flexibility index (Phi) is 8.19. The lowest BCUT2D eigenvalue weighted by Gasteiger charge is -2.27. The maximum absolute atomic E-state index is 12.3. The molecule has 0 N–H and O–H groups in total. The molecule has 0 spiro atoms. The van der Waals surface area contributed by atoms with Crippen molar-refractivity contribution in [3.63, 3.8) is 0 Å². The van der Waals surface area contributed by atoms with Crippen molar-refractivity contribution in [1.29, 1.82) is 0 Å². The van der Waals surface area contributed by atoms with Gasteiger partial charge in [-0.1, -0.05) is 39.2 Å². The van der Waals surface area contributed by atoms with E-state index in [1.165, 1.54) is 25.7 Å². The molecule has 0 saturated carbocycles. The van der Waals surface area contributed by atoms with Crippen molar-refractivity contribution in [3.05, 3.63) is 23.4 Å². The van der Waals surface area contributed by atoms with Gasteiger partial charge in [-0.25, -0.2) is 4.98 Å². The van der Waals surface area contributed by atoms with Crippen molar-refractivity contribution in [3.8, 4) is 5.88 Å². The minimum Gasteiger partial charge on any atom is -0.468 e.